The Balaban J connectivity index is 2.17. The molecule has 0 aliphatic carbocycles. The van der Waals surface area contributed by atoms with Crippen molar-refractivity contribution in [3.8, 4) is 0 Å². The smallest absolute Gasteiger partial charge is 0.243 e. The van der Waals surface area contributed by atoms with Gasteiger partial charge in [0.1, 0.15) is 0 Å². The molecule has 0 saturated carbocycles. The fourth-order valence-corrected chi connectivity index (χ4v) is 4.17. The lowest BCUT2D eigenvalue weighted by molar-refractivity contribution is 0.204. The second-order valence-corrected chi connectivity index (χ2v) is 7.06. The monoisotopic (exact) mass is 313 g/mol. The number of nitrogens with zero attached hydrogens (tertiary/aromatic N) is 2. The molecule has 1 unspecified atom stereocenters. The summed E-state index contributed by atoms with van der Waals surface area (Å²) in [4.78, 5) is 2.34. The highest BCUT2D eigenvalue weighted by Gasteiger charge is 2.34. The highest BCUT2D eigenvalue weighted by Crippen LogP contribution is 2.21. The lowest BCUT2D eigenvalue weighted by Crippen LogP contribution is -2.56. The maximum absolute atomic E-state index is 12.6. The van der Waals surface area contributed by atoms with Gasteiger partial charge in [-0.2, -0.15) is 4.31 Å². The number of thiocarbonyl (C=S) groups is 1. The van der Waals surface area contributed by atoms with Crippen LogP contribution >= 0.6 is 12.2 Å². The molecule has 1 aromatic rings. The molecule has 5 nitrogen and oxygen atoms in total. The summed E-state index contributed by atoms with van der Waals surface area (Å²) in [6, 6.07) is 8.44. The molecule has 0 radical (unpaired) electrons. The zero-order chi connectivity index (χ0) is 14.8. The fourth-order valence-electron chi connectivity index (χ4n) is 2.37. The second kappa shape index (κ2) is 6.07. The van der Waals surface area contributed by atoms with Crippen molar-refractivity contribution < 1.29 is 8.42 Å². The minimum Gasteiger partial charge on any atom is -0.366 e. The van der Waals surface area contributed by atoms with Crippen molar-refractivity contribution in [3.63, 3.8) is 0 Å². The molecule has 7 heteroatoms. The Bertz CT molecular complexity index is 575. The van der Waals surface area contributed by atoms with Crippen LogP contribution in [-0.2, 0) is 10.0 Å². The lowest BCUT2D eigenvalue weighted by Gasteiger charge is -2.39. The largest absolute Gasteiger partial charge is 0.366 e. The predicted octanol–water partition coefficient (Wildman–Crippen LogP) is 0.886. The van der Waals surface area contributed by atoms with E-state index in [1.807, 2.05) is 17.9 Å². The maximum atomic E-state index is 12.6. The number of hydrogen-bond acceptors (Lipinski definition) is 3. The molecule has 2 rings (SSSR count). The van der Waals surface area contributed by atoms with Crippen LogP contribution in [0.5, 0.6) is 0 Å². The first kappa shape index (κ1) is 15.2. The van der Waals surface area contributed by atoms with Crippen LogP contribution in [0.25, 0.3) is 0 Å². The van der Waals surface area contributed by atoms with Gasteiger partial charge in [0.15, 0.2) is 5.11 Å². The first-order valence-corrected chi connectivity index (χ1v) is 8.35. The summed E-state index contributed by atoms with van der Waals surface area (Å²) >= 11 is 5.20. The van der Waals surface area contributed by atoms with E-state index in [0.717, 1.165) is 0 Å². The van der Waals surface area contributed by atoms with E-state index in [1.165, 1.54) is 0 Å². The average molecular weight is 313 g/mol. The molecule has 1 N–H and O–H groups in total. The lowest BCUT2D eigenvalue weighted by atomic mass is 10.2. The number of nitrogens with one attached hydrogen (secondary N) is 1. The number of piperazine rings is 1. The highest BCUT2D eigenvalue weighted by molar-refractivity contribution is 7.89. The molecule has 1 aliphatic rings. The van der Waals surface area contributed by atoms with Crippen LogP contribution in [0.2, 0.25) is 0 Å². The first-order chi connectivity index (χ1) is 9.46. The number of benzene rings is 1. The Hall–Kier alpha value is -1.18. The quantitative estimate of drug-likeness (QED) is 0.822. The summed E-state index contributed by atoms with van der Waals surface area (Å²) < 4.78 is 26.8. The van der Waals surface area contributed by atoms with Crippen molar-refractivity contribution in [2.24, 2.45) is 0 Å². The van der Waals surface area contributed by atoms with Gasteiger partial charge in [-0.1, -0.05) is 18.2 Å². The molecule has 20 heavy (non-hydrogen) atoms. The second-order valence-electron chi connectivity index (χ2n) is 4.78. The molecule has 1 saturated heterocycles. The van der Waals surface area contributed by atoms with Gasteiger partial charge in [-0.15, -0.1) is 0 Å². The molecular formula is C13H19N3O2S2. The third-order valence-electron chi connectivity index (χ3n) is 3.42. The zero-order valence-corrected chi connectivity index (χ0v) is 13.2. The van der Waals surface area contributed by atoms with Gasteiger partial charge < -0.3 is 10.2 Å². The Morgan fingerprint density at radius 2 is 1.95 bits per heavy atom. The van der Waals surface area contributed by atoms with Gasteiger partial charge in [0.25, 0.3) is 0 Å². The molecule has 0 aromatic heterocycles. The maximum Gasteiger partial charge on any atom is 0.243 e. The van der Waals surface area contributed by atoms with Crippen LogP contribution in [0.3, 0.4) is 0 Å². The Labute approximate surface area is 125 Å². The van der Waals surface area contributed by atoms with E-state index >= 15 is 0 Å². The van der Waals surface area contributed by atoms with Gasteiger partial charge in [0, 0.05) is 32.7 Å². The standard InChI is InChI=1S/C13H19N3O2S2/c1-11-10-15(13(19)14-2)8-9-16(11)20(17,18)12-6-4-3-5-7-12/h3-7,11H,8-10H2,1-2H3,(H,14,19). The van der Waals surface area contributed by atoms with E-state index < -0.39 is 10.0 Å². The number of rotatable bonds is 2. The highest BCUT2D eigenvalue weighted by atomic mass is 32.2. The van der Waals surface area contributed by atoms with E-state index in [1.54, 1.807) is 35.6 Å². The van der Waals surface area contributed by atoms with Crippen molar-refractivity contribution in [1.29, 1.82) is 0 Å². The minimum absolute atomic E-state index is 0.111. The van der Waals surface area contributed by atoms with E-state index in [9.17, 15) is 8.42 Å². The molecule has 0 amide bonds. The number of hydrogen-bond donors (Lipinski definition) is 1. The summed E-state index contributed by atoms with van der Waals surface area (Å²) in [6.07, 6.45) is 0. The van der Waals surface area contributed by atoms with Gasteiger partial charge in [0.2, 0.25) is 10.0 Å². The summed E-state index contributed by atoms with van der Waals surface area (Å²) in [5, 5.41) is 3.59. The van der Waals surface area contributed by atoms with Gasteiger partial charge in [-0.05, 0) is 31.3 Å². The molecule has 1 atom stereocenters. The number of sulfonamides is 1. The summed E-state index contributed by atoms with van der Waals surface area (Å²) in [5.74, 6) is 0. The van der Waals surface area contributed by atoms with E-state index in [4.69, 9.17) is 12.2 Å². The molecule has 1 aliphatic heterocycles. The van der Waals surface area contributed by atoms with Crippen LogP contribution in [0.15, 0.2) is 35.2 Å². The van der Waals surface area contributed by atoms with Crippen molar-refractivity contribution in [2.75, 3.05) is 26.7 Å². The Morgan fingerprint density at radius 3 is 2.50 bits per heavy atom. The first-order valence-electron chi connectivity index (χ1n) is 6.50. The fraction of sp³-hybridized carbons (Fsp3) is 0.462. The molecule has 1 fully saturated rings. The van der Waals surface area contributed by atoms with E-state index in [0.29, 0.717) is 29.6 Å². The molecule has 1 heterocycles. The predicted molar refractivity (Wildman–Crippen MR) is 83.0 cm³/mol. The topological polar surface area (TPSA) is 52.6 Å². The van der Waals surface area contributed by atoms with E-state index in [2.05, 4.69) is 5.32 Å². The molecular weight excluding hydrogens is 294 g/mol. The SMILES string of the molecule is CNC(=S)N1CCN(S(=O)(=O)c2ccccc2)C(C)C1. The Morgan fingerprint density at radius 1 is 1.30 bits per heavy atom. The van der Waals surface area contributed by atoms with Crippen molar-refractivity contribution in [1.82, 2.24) is 14.5 Å². The van der Waals surface area contributed by atoms with Gasteiger partial charge >= 0.3 is 0 Å². The summed E-state index contributed by atoms with van der Waals surface area (Å²) in [5.41, 5.74) is 0. The normalized spacial score (nSPS) is 20.7. The van der Waals surface area contributed by atoms with Crippen LogP contribution in [0, 0.1) is 0 Å². The van der Waals surface area contributed by atoms with Crippen LogP contribution < -0.4 is 5.32 Å². The van der Waals surface area contributed by atoms with Gasteiger partial charge in [-0.3, -0.25) is 0 Å². The van der Waals surface area contributed by atoms with Crippen molar-refractivity contribution >= 4 is 27.4 Å². The van der Waals surface area contributed by atoms with Gasteiger partial charge in [-0.25, -0.2) is 8.42 Å². The average Bonchev–Trinajstić information content (AvgIpc) is 2.47. The van der Waals surface area contributed by atoms with Crippen molar-refractivity contribution in [2.45, 2.75) is 17.9 Å². The third kappa shape index (κ3) is 2.94. The molecule has 0 spiro atoms. The molecule has 1 aromatic carbocycles. The third-order valence-corrected chi connectivity index (χ3v) is 5.91. The molecule has 0 bridgehead atoms. The van der Waals surface area contributed by atoms with Crippen molar-refractivity contribution in [3.05, 3.63) is 30.3 Å². The summed E-state index contributed by atoms with van der Waals surface area (Å²) in [6.45, 7) is 3.56. The van der Waals surface area contributed by atoms with Crippen LogP contribution in [0.1, 0.15) is 6.92 Å². The van der Waals surface area contributed by atoms with Crippen LogP contribution in [-0.4, -0.2) is 55.5 Å². The van der Waals surface area contributed by atoms with E-state index in [-0.39, 0.29) is 6.04 Å². The Kier molecular flexibility index (Phi) is 4.62. The van der Waals surface area contributed by atoms with Crippen LogP contribution in [0.4, 0.5) is 0 Å². The minimum atomic E-state index is -3.42. The van der Waals surface area contributed by atoms with Gasteiger partial charge in [0.05, 0.1) is 4.90 Å². The summed E-state index contributed by atoms with van der Waals surface area (Å²) in [7, 11) is -1.65. The molecule has 110 valence electrons. The zero-order valence-electron chi connectivity index (χ0n) is 11.6.